The lowest BCUT2D eigenvalue weighted by molar-refractivity contribution is -0.143. The summed E-state index contributed by atoms with van der Waals surface area (Å²) in [6.07, 6.45) is -7.77. The van der Waals surface area contributed by atoms with Gasteiger partial charge in [0.25, 0.3) is 11.8 Å². The third kappa shape index (κ3) is 9.13. The number of carbonyl (C=O) groups excluding carboxylic acids is 2. The van der Waals surface area contributed by atoms with Gasteiger partial charge in [-0.1, -0.05) is 54.6 Å². The zero-order chi connectivity index (χ0) is 38.5. The van der Waals surface area contributed by atoms with Crippen LogP contribution in [-0.2, 0) is 18.9 Å². The summed E-state index contributed by atoms with van der Waals surface area (Å²) in [6, 6.07) is 26.6. The lowest BCUT2D eigenvalue weighted by Crippen LogP contribution is -2.22. The van der Waals surface area contributed by atoms with Crippen LogP contribution in [0.25, 0.3) is 28.3 Å². The second-order valence-electron chi connectivity index (χ2n) is 12.0. The summed E-state index contributed by atoms with van der Waals surface area (Å²) in [7, 11) is 6.31. The number of pyridine rings is 2. The van der Waals surface area contributed by atoms with Crippen LogP contribution in [0.4, 0.5) is 26.3 Å². The Morgan fingerprint density at radius 3 is 1.89 bits per heavy atom. The molecule has 0 aliphatic heterocycles. The number of nitrogens with zero attached hydrogens (tertiary/aromatic N) is 8. The maximum Gasteiger partial charge on any atom is 0.435 e. The maximum absolute atomic E-state index is 13.4. The average molecular weight is 735 g/mol. The van der Waals surface area contributed by atoms with Gasteiger partial charge in [-0.15, -0.1) is 0 Å². The summed E-state index contributed by atoms with van der Waals surface area (Å²) >= 11 is 0. The quantitative estimate of drug-likeness (QED) is 0.159. The molecule has 6 rings (SSSR count). The molecule has 16 heteroatoms. The van der Waals surface area contributed by atoms with Crippen LogP contribution in [0.3, 0.4) is 0 Å². The number of rotatable bonds is 7. The van der Waals surface area contributed by atoms with Crippen LogP contribution < -0.4 is 0 Å². The van der Waals surface area contributed by atoms with Crippen LogP contribution in [0.5, 0.6) is 0 Å². The highest BCUT2D eigenvalue weighted by molar-refractivity contribution is 5.93. The Kier molecular flexibility index (Phi) is 11.1. The average Bonchev–Trinajstić information content (AvgIpc) is 3.78. The van der Waals surface area contributed by atoms with E-state index in [9.17, 15) is 35.9 Å². The molecule has 0 bridgehead atoms. The van der Waals surface area contributed by atoms with E-state index in [-0.39, 0.29) is 46.8 Å². The Hall–Kier alpha value is -6.32. The first-order valence-corrected chi connectivity index (χ1v) is 15.8. The number of amides is 2. The van der Waals surface area contributed by atoms with E-state index >= 15 is 0 Å². The highest BCUT2D eigenvalue weighted by Gasteiger charge is 2.37. The van der Waals surface area contributed by atoms with Crippen LogP contribution in [0, 0.1) is 0 Å². The van der Waals surface area contributed by atoms with E-state index in [1.54, 1.807) is 94.9 Å². The Balaban J connectivity index is 0.000000204. The molecule has 6 aromatic rings. The van der Waals surface area contributed by atoms with Crippen LogP contribution in [0.2, 0.25) is 0 Å². The zero-order valence-electron chi connectivity index (χ0n) is 28.8. The molecule has 0 N–H and O–H groups in total. The molecule has 4 heterocycles. The van der Waals surface area contributed by atoms with Crippen molar-refractivity contribution in [3.8, 4) is 28.3 Å². The molecule has 0 unspecified atom stereocenters. The maximum atomic E-state index is 13.4. The van der Waals surface area contributed by atoms with Gasteiger partial charge in [-0.2, -0.15) is 36.5 Å². The molecule has 2 aromatic carbocycles. The van der Waals surface area contributed by atoms with Gasteiger partial charge >= 0.3 is 12.4 Å². The smallest absolute Gasteiger partial charge is 0.343 e. The van der Waals surface area contributed by atoms with Gasteiger partial charge in [0.05, 0.1) is 29.3 Å². The first-order valence-electron chi connectivity index (χ1n) is 15.8. The molecular weight excluding hydrogens is 702 g/mol. The molecule has 0 fully saturated rings. The monoisotopic (exact) mass is 734 g/mol. The number of hydrogen-bond donors (Lipinski definition) is 0. The number of alkyl halides is 6. The molecule has 0 radical (unpaired) electrons. The number of para-hydroxylation sites is 1. The fraction of sp³-hybridized carbons (Fsp3) is 0.189. The van der Waals surface area contributed by atoms with E-state index in [1.807, 2.05) is 6.07 Å². The molecule has 10 nitrogen and oxygen atoms in total. The molecule has 4 aromatic heterocycles. The molecule has 0 atom stereocenters. The standard InChI is InChI=1S/C19H17F3N4O.C18H15F3N4O/c1-25(2)18(27)15-10-6-9-14(23-15)16-11-17(19(20,21)22)24-26(16)12-13-7-4-3-5-8-13;1-24(2)17(26)15-10-12(8-9-22-15)14-11-16(18(19,20)21)25(23-14)13-6-4-3-5-7-13/h3-11H,12H2,1-2H3;3-11H,1-2H3. The predicted octanol–water partition coefficient (Wildman–Crippen LogP) is 7.37. The van der Waals surface area contributed by atoms with Crippen LogP contribution in [0.1, 0.15) is 37.9 Å². The van der Waals surface area contributed by atoms with E-state index in [1.165, 1.54) is 38.9 Å². The lowest BCUT2D eigenvalue weighted by atomic mass is 10.1. The molecule has 0 aliphatic carbocycles. The van der Waals surface area contributed by atoms with Gasteiger partial charge in [0.2, 0.25) is 0 Å². The molecule has 0 aliphatic rings. The minimum Gasteiger partial charge on any atom is -0.343 e. The van der Waals surface area contributed by atoms with Crippen LogP contribution in [-0.4, -0.2) is 79.3 Å². The van der Waals surface area contributed by atoms with E-state index in [2.05, 4.69) is 20.2 Å². The lowest BCUT2D eigenvalue weighted by Gasteiger charge is -2.11. The van der Waals surface area contributed by atoms with E-state index in [0.717, 1.165) is 22.4 Å². The SMILES string of the molecule is CN(C)C(=O)c1cc(-c2cc(C(F)(F)F)n(-c3ccccc3)n2)ccn1.CN(C)C(=O)c1cccc(-c2cc(C(F)(F)F)nn2Cc2ccccc2)n1. The molecular formula is C37H32F6N8O2. The summed E-state index contributed by atoms with van der Waals surface area (Å²) in [6.45, 7) is 0.153. The first kappa shape index (κ1) is 37.9. The van der Waals surface area contributed by atoms with Gasteiger partial charge in [0.15, 0.2) is 5.69 Å². The Morgan fingerprint density at radius 2 is 1.28 bits per heavy atom. The predicted molar refractivity (Wildman–Crippen MR) is 184 cm³/mol. The van der Waals surface area contributed by atoms with Gasteiger partial charge in [-0.3, -0.25) is 19.3 Å². The third-order valence-electron chi connectivity index (χ3n) is 7.56. The van der Waals surface area contributed by atoms with Crippen molar-refractivity contribution in [1.82, 2.24) is 39.3 Å². The van der Waals surface area contributed by atoms with Crippen molar-refractivity contribution in [2.45, 2.75) is 18.9 Å². The number of carbonyl (C=O) groups is 2. The zero-order valence-corrected chi connectivity index (χ0v) is 28.8. The molecule has 2 amide bonds. The summed E-state index contributed by atoms with van der Waals surface area (Å²) in [5.41, 5.74) is 0.424. The fourth-order valence-corrected chi connectivity index (χ4v) is 4.99. The number of aromatic nitrogens is 6. The highest BCUT2D eigenvalue weighted by Crippen LogP contribution is 2.34. The topological polar surface area (TPSA) is 102 Å². The molecule has 0 spiro atoms. The molecule has 0 saturated carbocycles. The summed E-state index contributed by atoms with van der Waals surface area (Å²) < 4.78 is 82.0. The number of benzene rings is 2. The van der Waals surface area contributed by atoms with E-state index < -0.39 is 23.7 Å². The second kappa shape index (κ2) is 15.5. The minimum absolute atomic E-state index is 0.108. The van der Waals surface area contributed by atoms with Crippen molar-refractivity contribution in [2.24, 2.45) is 0 Å². The normalized spacial score (nSPS) is 11.4. The van der Waals surface area contributed by atoms with Gasteiger partial charge in [0.1, 0.15) is 17.1 Å². The molecule has 53 heavy (non-hydrogen) atoms. The minimum atomic E-state index is -4.58. The van der Waals surface area contributed by atoms with Crippen molar-refractivity contribution < 1.29 is 35.9 Å². The first-order chi connectivity index (χ1) is 25.0. The fourth-order valence-electron chi connectivity index (χ4n) is 4.99. The second-order valence-corrected chi connectivity index (χ2v) is 12.0. The highest BCUT2D eigenvalue weighted by atomic mass is 19.4. The van der Waals surface area contributed by atoms with Gasteiger partial charge < -0.3 is 9.80 Å². The van der Waals surface area contributed by atoms with Crippen molar-refractivity contribution in [3.63, 3.8) is 0 Å². The van der Waals surface area contributed by atoms with Crippen LogP contribution in [0.15, 0.2) is 109 Å². The van der Waals surface area contributed by atoms with Crippen LogP contribution >= 0.6 is 0 Å². The molecule has 274 valence electrons. The van der Waals surface area contributed by atoms with Crippen molar-refractivity contribution in [3.05, 3.63) is 138 Å². The molecule has 0 saturated heterocycles. The largest absolute Gasteiger partial charge is 0.435 e. The van der Waals surface area contributed by atoms with Gasteiger partial charge in [-0.05, 0) is 54.1 Å². The van der Waals surface area contributed by atoms with Crippen molar-refractivity contribution >= 4 is 11.8 Å². The Bertz CT molecular complexity index is 2190. The third-order valence-corrected chi connectivity index (χ3v) is 7.56. The summed E-state index contributed by atoms with van der Waals surface area (Å²) in [5.74, 6) is -0.674. The van der Waals surface area contributed by atoms with Crippen molar-refractivity contribution in [2.75, 3.05) is 28.2 Å². The van der Waals surface area contributed by atoms with Crippen molar-refractivity contribution in [1.29, 1.82) is 0 Å². The summed E-state index contributed by atoms with van der Waals surface area (Å²) in [5, 5.41) is 7.83. The Labute approximate surface area is 299 Å². The van der Waals surface area contributed by atoms with E-state index in [0.29, 0.717) is 11.3 Å². The van der Waals surface area contributed by atoms with Gasteiger partial charge in [-0.25, -0.2) is 9.67 Å². The van der Waals surface area contributed by atoms with E-state index in [4.69, 9.17) is 0 Å². The summed E-state index contributed by atoms with van der Waals surface area (Å²) in [4.78, 5) is 35.1. The number of halogens is 6. The Morgan fingerprint density at radius 1 is 0.660 bits per heavy atom. The number of hydrogen-bond acceptors (Lipinski definition) is 6. The van der Waals surface area contributed by atoms with Gasteiger partial charge in [0, 0.05) is 40.0 Å².